The molecule has 2 aliphatic carbocycles. The fourth-order valence-electron chi connectivity index (χ4n) is 10.2. The third kappa shape index (κ3) is 9.53. The Hall–Kier alpha value is -5.69. The summed E-state index contributed by atoms with van der Waals surface area (Å²) in [4.78, 5) is 45.8. The number of benzene rings is 1. The first-order chi connectivity index (χ1) is 31.2. The predicted molar refractivity (Wildman–Crippen MR) is 245 cm³/mol. The van der Waals surface area contributed by atoms with Crippen LogP contribution in [0, 0.1) is 21.4 Å². The van der Waals surface area contributed by atoms with Gasteiger partial charge in [0, 0.05) is 62.1 Å². The molecule has 1 atom stereocenters. The number of aliphatic hydroxyl groups is 1. The Morgan fingerprint density at radius 1 is 1.03 bits per heavy atom. The minimum atomic E-state index is -4.66. The molecular weight excluding hydrogens is 851 g/mol. The summed E-state index contributed by atoms with van der Waals surface area (Å²) >= 11 is 0. The second-order valence-electron chi connectivity index (χ2n) is 18.9. The highest BCUT2D eigenvalue weighted by Crippen LogP contribution is 2.53. The molecule has 4 fully saturated rings. The summed E-state index contributed by atoms with van der Waals surface area (Å²) in [6.45, 7) is 10.5. The zero-order valence-corrected chi connectivity index (χ0v) is 37.9. The van der Waals surface area contributed by atoms with Gasteiger partial charge in [0.2, 0.25) is 5.82 Å². The van der Waals surface area contributed by atoms with Crippen LogP contribution in [0.2, 0.25) is 0 Å². The lowest BCUT2D eigenvalue weighted by molar-refractivity contribution is -0.384. The molecule has 0 bridgehead atoms. The fourth-order valence-corrected chi connectivity index (χ4v) is 11.2. The van der Waals surface area contributed by atoms with Crippen LogP contribution in [-0.2, 0) is 14.8 Å². The molecule has 65 heavy (non-hydrogen) atoms. The number of rotatable bonds is 13. The Kier molecular flexibility index (Phi) is 12.3. The lowest BCUT2D eigenvalue weighted by Crippen LogP contribution is -2.58. The van der Waals surface area contributed by atoms with Crippen LogP contribution < -0.4 is 19.7 Å². The van der Waals surface area contributed by atoms with Crippen LogP contribution in [0.4, 0.5) is 17.3 Å². The number of sulfonamides is 1. The third-order valence-corrected chi connectivity index (χ3v) is 15.4. The van der Waals surface area contributed by atoms with Gasteiger partial charge in [0.25, 0.3) is 15.9 Å². The number of piperidine rings is 1. The molecule has 4 aliphatic rings. The van der Waals surface area contributed by atoms with E-state index < -0.39 is 37.0 Å². The number of H-pyrrole nitrogens is 1. The van der Waals surface area contributed by atoms with E-state index in [2.05, 4.69) is 77.9 Å². The van der Waals surface area contributed by atoms with E-state index in [9.17, 15) is 28.4 Å². The molecule has 5 aromatic rings. The average Bonchev–Trinajstić information content (AvgIpc) is 3.76. The highest BCUT2D eigenvalue weighted by atomic mass is 32.2. The summed E-state index contributed by atoms with van der Waals surface area (Å²) in [5.74, 6) is 0.432. The predicted octanol–water partition coefficient (Wildman–Crippen LogP) is 7.47. The van der Waals surface area contributed by atoms with Crippen LogP contribution in [-0.4, -0.2) is 100 Å². The number of ether oxygens (including phenoxy) is 2. The van der Waals surface area contributed by atoms with Crippen molar-refractivity contribution in [3.05, 3.63) is 100 Å². The fraction of sp³-hybridized carbons (Fsp3) is 0.489. The van der Waals surface area contributed by atoms with Crippen LogP contribution >= 0.6 is 0 Å². The van der Waals surface area contributed by atoms with Crippen molar-refractivity contribution in [2.24, 2.45) is 11.3 Å². The first kappa shape index (κ1) is 44.5. The van der Waals surface area contributed by atoms with Gasteiger partial charge in [0.05, 0.1) is 42.2 Å². The third-order valence-electron chi connectivity index (χ3n) is 14.1. The topological polar surface area (TPSA) is 218 Å². The lowest BCUT2D eigenvalue weighted by Gasteiger charge is -2.57. The number of nitrogens with one attached hydrogen (secondary N) is 3. The minimum Gasteiger partial charge on any atom is -0.455 e. The number of morpholine rings is 1. The standard InChI is InChI=1S/C47H57N9O8S/c1-30(2)36-6-4-5-7-37(36)40-29-63-19-18-55(40)33-23-47(24-33)13-16-54(17-14-47)42-22-41(64-34-20-32-10-15-48-43(32)51-26-34)38(28-49-42)45(57)53-65(61,62)35-21-39(56(59)60)44(52-27-35)50-25-31-8-11-46(3,58)12-9-31/h4-7,10,15,20-22,26-28,30-31,33,40,58H,8-9,11-14,16-19,23-25,29H2,1-3H3,(H,48,51)(H,50,52)(H,53,57)/t31?,40-,46?/m0/s1. The van der Waals surface area contributed by atoms with E-state index in [1.807, 2.05) is 6.07 Å². The molecule has 1 aromatic carbocycles. The zero-order chi connectivity index (χ0) is 45.5. The Morgan fingerprint density at radius 2 is 1.80 bits per heavy atom. The Bertz CT molecular complexity index is 2660. The first-order valence-electron chi connectivity index (χ1n) is 22.6. The number of carbonyl (C=O) groups is 1. The smallest absolute Gasteiger partial charge is 0.312 e. The van der Waals surface area contributed by atoms with Gasteiger partial charge in [0.15, 0.2) is 0 Å². The Morgan fingerprint density at radius 3 is 2.55 bits per heavy atom. The van der Waals surface area contributed by atoms with Crippen molar-refractivity contribution >= 4 is 44.3 Å². The van der Waals surface area contributed by atoms with Gasteiger partial charge >= 0.3 is 5.69 Å². The molecule has 2 aliphatic heterocycles. The number of hydrogen-bond acceptors (Lipinski definition) is 14. The van der Waals surface area contributed by atoms with Crippen LogP contribution in [0.3, 0.4) is 0 Å². The van der Waals surface area contributed by atoms with Crippen molar-refractivity contribution in [2.75, 3.05) is 49.6 Å². The maximum absolute atomic E-state index is 13.9. The summed E-state index contributed by atoms with van der Waals surface area (Å²) in [6.07, 6.45) is 12.4. The highest BCUT2D eigenvalue weighted by Gasteiger charge is 2.50. The van der Waals surface area contributed by atoms with E-state index in [1.165, 1.54) is 23.5 Å². The zero-order valence-electron chi connectivity index (χ0n) is 37.0. The molecule has 4 N–H and O–H groups in total. The molecule has 4 aromatic heterocycles. The number of aromatic nitrogens is 4. The molecule has 6 heterocycles. The van der Waals surface area contributed by atoms with E-state index in [1.54, 1.807) is 25.3 Å². The molecule has 1 spiro atoms. The summed E-state index contributed by atoms with van der Waals surface area (Å²) in [5.41, 5.74) is 2.18. The van der Waals surface area contributed by atoms with E-state index in [0.29, 0.717) is 55.2 Å². The van der Waals surface area contributed by atoms with Gasteiger partial charge in [-0.25, -0.2) is 28.1 Å². The monoisotopic (exact) mass is 907 g/mol. The largest absolute Gasteiger partial charge is 0.455 e. The van der Waals surface area contributed by atoms with E-state index in [4.69, 9.17) is 9.47 Å². The number of pyridine rings is 3. The van der Waals surface area contributed by atoms with Gasteiger partial charge in [-0.15, -0.1) is 0 Å². The molecule has 9 rings (SSSR count). The number of aromatic amines is 1. The second-order valence-corrected chi connectivity index (χ2v) is 20.6. The molecule has 0 unspecified atom stereocenters. The van der Waals surface area contributed by atoms with Crippen LogP contribution in [0.5, 0.6) is 11.5 Å². The first-order valence-corrected chi connectivity index (χ1v) is 24.1. The van der Waals surface area contributed by atoms with Gasteiger partial charge in [-0.1, -0.05) is 38.1 Å². The van der Waals surface area contributed by atoms with Gasteiger partial charge < -0.3 is 29.8 Å². The van der Waals surface area contributed by atoms with Gasteiger partial charge in [0.1, 0.15) is 33.4 Å². The van der Waals surface area contributed by atoms with Crippen molar-refractivity contribution in [1.29, 1.82) is 0 Å². The SMILES string of the molecule is CC(C)c1ccccc1[C@@H]1COCCN1C1CC2(CCN(c3cc(Oc4cnc5[nH]ccc5c4)c(C(=O)NS(=O)(=O)c4cnc(NCC5CCC(C)(O)CC5)c([N+](=O)[O-])c4)cn3)CC2)C1. The molecule has 18 heteroatoms. The molecule has 2 saturated carbocycles. The number of amides is 1. The molecule has 17 nitrogen and oxygen atoms in total. The quantitative estimate of drug-likeness (QED) is 0.0666. The van der Waals surface area contributed by atoms with Crippen LogP contribution in [0.25, 0.3) is 11.0 Å². The summed E-state index contributed by atoms with van der Waals surface area (Å²) in [6, 6.07) is 15.6. The minimum absolute atomic E-state index is 0.0660. The van der Waals surface area contributed by atoms with Gasteiger partial charge in [-0.3, -0.25) is 19.8 Å². The van der Waals surface area contributed by atoms with Crippen LogP contribution in [0.15, 0.2) is 78.2 Å². The van der Waals surface area contributed by atoms with Crippen molar-refractivity contribution < 1.29 is 32.7 Å². The number of fused-ring (bicyclic) bond motifs is 1. The van der Waals surface area contributed by atoms with Gasteiger partial charge in [-0.2, -0.15) is 0 Å². The summed E-state index contributed by atoms with van der Waals surface area (Å²) in [7, 11) is -4.66. The Labute approximate surface area is 378 Å². The summed E-state index contributed by atoms with van der Waals surface area (Å²) in [5, 5.41) is 26.2. The van der Waals surface area contributed by atoms with E-state index in [-0.39, 0.29) is 34.5 Å². The molecule has 0 radical (unpaired) electrons. The number of nitro groups is 1. The van der Waals surface area contributed by atoms with Crippen molar-refractivity contribution in [3.8, 4) is 11.5 Å². The molecule has 344 valence electrons. The maximum Gasteiger partial charge on any atom is 0.312 e. The van der Waals surface area contributed by atoms with Crippen LogP contribution in [0.1, 0.15) is 106 Å². The lowest BCUT2D eigenvalue weighted by atomic mass is 9.59. The van der Waals surface area contributed by atoms with E-state index >= 15 is 0 Å². The van der Waals surface area contributed by atoms with Crippen molar-refractivity contribution in [1.82, 2.24) is 29.6 Å². The molecule has 1 amide bonds. The molecule has 2 saturated heterocycles. The average molecular weight is 908 g/mol. The molecular formula is C47H57N9O8S. The van der Waals surface area contributed by atoms with Crippen molar-refractivity contribution in [3.63, 3.8) is 0 Å². The van der Waals surface area contributed by atoms with E-state index in [0.717, 1.165) is 82.4 Å². The van der Waals surface area contributed by atoms with Crippen molar-refractivity contribution in [2.45, 2.75) is 101 Å². The van der Waals surface area contributed by atoms with Gasteiger partial charge in [-0.05, 0) is 98.8 Å². The number of carbonyl (C=O) groups excluding carboxylic acids is 1. The summed E-state index contributed by atoms with van der Waals surface area (Å²) < 4.78 is 41.8. The Balaban J connectivity index is 0.898. The highest BCUT2D eigenvalue weighted by molar-refractivity contribution is 7.90. The number of nitrogens with zero attached hydrogens (tertiary/aromatic N) is 6. The number of hydrogen-bond donors (Lipinski definition) is 4. The number of anilines is 2. The normalized spacial score (nSPS) is 22.8. The second kappa shape index (κ2) is 17.9. The maximum atomic E-state index is 13.9.